The van der Waals surface area contributed by atoms with Gasteiger partial charge in [0.2, 0.25) is 0 Å². The minimum Gasteiger partial charge on any atom is -0.506 e. The van der Waals surface area contributed by atoms with Crippen LogP contribution in [0.2, 0.25) is 5.02 Å². The van der Waals surface area contributed by atoms with Gasteiger partial charge >= 0.3 is 0 Å². The lowest BCUT2D eigenvalue weighted by atomic mass is 10.0. The average Bonchev–Trinajstić information content (AvgIpc) is 2.99. The fourth-order valence-corrected chi connectivity index (χ4v) is 3.80. The summed E-state index contributed by atoms with van der Waals surface area (Å²) < 4.78 is 13.8. The van der Waals surface area contributed by atoms with Crippen LogP contribution in [0.3, 0.4) is 0 Å². The number of piperazine rings is 1. The van der Waals surface area contributed by atoms with Crippen molar-refractivity contribution < 1.29 is 9.50 Å². The minimum absolute atomic E-state index is 0.0324. The van der Waals surface area contributed by atoms with Crippen LogP contribution in [0.1, 0.15) is 16.5 Å². The van der Waals surface area contributed by atoms with Crippen molar-refractivity contribution in [3.63, 3.8) is 0 Å². The van der Waals surface area contributed by atoms with Crippen LogP contribution < -0.4 is 5.32 Å². The molecule has 0 bridgehead atoms. The van der Waals surface area contributed by atoms with Crippen LogP contribution in [0, 0.1) is 5.82 Å². The summed E-state index contributed by atoms with van der Waals surface area (Å²) in [7, 11) is 0. The van der Waals surface area contributed by atoms with Gasteiger partial charge in [0, 0.05) is 36.6 Å². The molecule has 1 aromatic heterocycles. The molecule has 0 saturated carbocycles. The molecule has 1 atom stereocenters. The maximum Gasteiger partial charge on any atom is 0.139 e. The zero-order chi connectivity index (χ0) is 14.8. The Bertz CT molecular complexity index is 614. The smallest absolute Gasteiger partial charge is 0.139 e. The van der Waals surface area contributed by atoms with E-state index in [1.807, 2.05) is 17.5 Å². The second-order valence-corrected chi connectivity index (χ2v) is 6.42. The number of benzene rings is 1. The van der Waals surface area contributed by atoms with E-state index in [1.165, 1.54) is 6.07 Å². The Kier molecular flexibility index (Phi) is 4.45. The number of rotatable bonds is 3. The second-order valence-electron chi connectivity index (χ2n) is 5.03. The van der Waals surface area contributed by atoms with Crippen molar-refractivity contribution in [2.45, 2.75) is 6.04 Å². The van der Waals surface area contributed by atoms with Gasteiger partial charge in [0.25, 0.3) is 0 Å². The van der Waals surface area contributed by atoms with E-state index < -0.39 is 5.82 Å². The number of phenolic OH excluding ortho intramolecular Hbond substituents is 1. The van der Waals surface area contributed by atoms with Gasteiger partial charge < -0.3 is 10.4 Å². The molecular formula is C15H16ClFN2OS. The van der Waals surface area contributed by atoms with Gasteiger partial charge in [-0.25, -0.2) is 4.39 Å². The van der Waals surface area contributed by atoms with Crippen molar-refractivity contribution in [2.24, 2.45) is 0 Å². The van der Waals surface area contributed by atoms with Crippen LogP contribution >= 0.6 is 22.9 Å². The van der Waals surface area contributed by atoms with Gasteiger partial charge in [-0.3, -0.25) is 4.90 Å². The molecule has 0 amide bonds. The first-order valence-electron chi connectivity index (χ1n) is 6.83. The third-order valence-electron chi connectivity index (χ3n) is 3.68. The van der Waals surface area contributed by atoms with Crippen molar-refractivity contribution in [3.05, 3.63) is 50.9 Å². The van der Waals surface area contributed by atoms with Crippen molar-refractivity contribution in [2.75, 3.05) is 26.2 Å². The number of halogens is 2. The molecule has 3 nitrogen and oxygen atoms in total. The predicted octanol–water partition coefficient (Wildman–Crippen LogP) is 3.24. The molecule has 1 aliphatic rings. The topological polar surface area (TPSA) is 35.5 Å². The zero-order valence-electron chi connectivity index (χ0n) is 11.4. The first-order chi connectivity index (χ1) is 10.2. The van der Waals surface area contributed by atoms with Crippen LogP contribution in [-0.2, 0) is 0 Å². The molecule has 6 heteroatoms. The molecule has 1 aliphatic heterocycles. The monoisotopic (exact) mass is 326 g/mol. The number of nitrogens with one attached hydrogen (secondary N) is 1. The van der Waals surface area contributed by atoms with E-state index in [-0.39, 0.29) is 16.8 Å². The van der Waals surface area contributed by atoms with Crippen molar-refractivity contribution in [1.29, 1.82) is 0 Å². The lowest BCUT2D eigenvalue weighted by molar-refractivity contribution is 0.198. The maximum atomic E-state index is 13.8. The van der Waals surface area contributed by atoms with Crippen LogP contribution in [-0.4, -0.2) is 36.2 Å². The zero-order valence-corrected chi connectivity index (χ0v) is 12.9. The van der Waals surface area contributed by atoms with Crippen LogP contribution in [0.4, 0.5) is 4.39 Å². The van der Waals surface area contributed by atoms with Crippen LogP contribution in [0.5, 0.6) is 5.75 Å². The molecule has 2 aromatic rings. The van der Waals surface area contributed by atoms with E-state index in [1.54, 1.807) is 11.3 Å². The molecule has 0 radical (unpaired) electrons. The summed E-state index contributed by atoms with van der Waals surface area (Å²) >= 11 is 7.55. The number of thiophene rings is 1. The fourth-order valence-electron chi connectivity index (χ4n) is 2.71. The minimum atomic E-state index is -0.426. The van der Waals surface area contributed by atoms with E-state index in [0.29, 0.717) is 5.56 Å². The summed E-state index contributed by atoms with van der Waals surface area (Å²) in [5.74, 6) is -0.459. The van der Waals surface area contributed by atoms with Gasteiger partial charge in [-0.15, -0.1) is 11.3 Å². The molecule has 3 rings (SSSR count). The molecule has 1 aromatic carbocycles. The van der Waals surface area contributed by atoms with Gasteiger partial charge in [0.15, 0.2) is 0 Å². The standard InChI is InChI=1S/C15H16ClFN2OS/c16-12-9-10(17)8-11(15(12)20)14(13-2-1-7-21-13)19-5-3-18-4-6-19/h1-2,7-9,14,18,20H,3-6H2/t14-/m0/s1. The fraction of sp³-hybridized carbons (Fsp3) is 0.333. The molecule has 0 unspecified atom stereocenters. The van der Waals surface area contributed by atoms with Gasteiger partial charge in [0.05, 0.1) is 11.1 Å². The summed E-state index contributed by atoms with van der Waals surface area (Å²) in [6, 6.07) is 6.33. The number of nitrogens with zero attached hydrogens (tertiary/aromatic N) is 1. The van der Waals surface area contributed by atoms with E-state index in [4.69, 9.17) is 11.6 Å². The SMILES string of the molecule is Oc1c(Cl)cc(F)cc1[C@@H](c1cccs1)N1CCNCC1. The largest absolute Gasteiger partial charge is 0.506 e. The molecule has 0 spiro atoms. The third kappa shape index (κ3) is 3.06. The molecule has 2 N–H and O–H groups in total. The number of phenols is 1. The van der Waals surface area contributed by atoms with E-state index in [0.717, 1.165) is 37.1 Å². The average molecular weight is 327 g/mol. The Balaban J connectivity index is 2.07. The molecule has 21 heavy (non-hydrogen) atoms. The van der Waals surface area contributed by atoms with Gasteiger partial charge in [0.1, 0.15) is 11.6 Å². The summed E-state index contributed by atoms with van der Waals surface area (Å²) in [6.07, 6.45) is 0. The normalized spacial score (nSPS) is 17.8. The summed E-state index contributed by atoms with van der Waals surface area (Å²) in [4.78, 5) is 3.32. The first kappa shape index (κ1) is 14.8. The van der Waals surface area contributed by atoms with Crippen LogP contribution in [0.25, 0.3) is 0 Å². The Labute approximate surface area is 132 Å². The number of hydrogen-bond acceptors (Lipinski definition) is 4. The third-order valence-corrected chi connectivity index (χ3v) is 4.89. The lowest BCUT2D eigenvalue weighted by Crippen LogP contribution is -2.45. The molecule has 1 fully saturated rings. The maximum absolute atomic E-state index is 13.8. The van der Waals surface area contributed by atoms with Gasteiger partial charge in [-0.05, 0) is 23.6 Å². The van der Waals surface area contributed by atoms with Gasteiger partial charge in [-0.1, -0.05) is 17.7 Å². The van der Waals surface area contributed by atoms with Crippen molar-refractivity contribution in [1.82, 2.24) is 10.2 Å². The summed E-state index contributed by atoms with van der Waals surface area (Å²) in [6.45, 7) is 3.45. The molecule has 1 saturated heterocycles. The van der Waals surface area contributed by atoms with E-state index in [9.17, 15) is 9.50 Å². The van der Waals surface area contributed by atoms with E-state index in [2.05, 4.69) is 10.2 Å². The lowest BCUT2D eigenvalue weighted by Gasteiger charge is -2.35. The highest BCUT2D eigenvalue weighted by atomic mass is 35.5. The number of hydrogen-bond donors (Lipinski definition) is 2. The second kappa shape index (κ2) is 6.32. The number of aromatic hydroxyl groups is 1. The first-order valence-corrected chi connectivity index (χ1v) is 8.08. The quantitative estimate of drug-likeness (QED) is 0.909. The Hall–Kier alpha value is -1.14. The highest BCUT2D eigenvalue weighted by Gasteiger charge is 2.28. The Morgan fingerprint density at radius 1 is 1.33 bits per heavy atom. The van der Waals surface area contributed by atoms with Crippen LogP contribution in [0.15, 0.2) is 29.6 Å². The predicted molar refractivity (Wildman–Crippen MR) is 83.7 cm³/mol. The van der Waals surface area contributed by atoms with Crippen molar-refractivity contribution >= 4 is 22.9 Å². The Morgan fingerprint density at radius 2 is 2.10 bits per heavy atom. The van der Waals surface area contributed by atoms with E-state index >= 15 is 0 Å². The molecular weight excluding hydrogens is 311 g/mol. The highest BCUT2D eigenvalue weighted by molar-refractivity contribution is 7.10. The van der Waals surface area contributed by atoms with Crippen molar-refractivity contribution in [3.8, 4) is 5.75 Å². The molecule has 2 heterocycles. The highest BCUT2D eigenvalue weighted by Crippen LogP contribution is 2.40. The molecule has 0 aliphatic carbocycles. The van der Waals surface area contributed by atoms with Gasteiger partial charge in [-0.2, -0.15) is 0 Å². The Morgan fingerprint density at radius 3 is 2.76 bits per heavy atom. The summed E-state index contributed by atoms with van der Waals surface area (Å²) in [5, 5.41) is 15.6. The molecule has 112 valence electrons. The summed E-state index contributed by atoms with van der Waals surface area (Å²) in [5.41, 5.74) is 0.532.